The third-order valence-corrected chi connectivity index (χ3v) is 5.05. The lowest BCUT2D eigenvalue weighted by molar-refractivity contribution is 0.106. The van der Waals surface area contributed by atoms with E-state index in [0.29, 0.717) is 5.56 Å². The van der Waals surface area contributed by atoms with E-state index in [1.54, 1.807) is 12.3 Å². The van der Waals surface area contributed by atoms with E-state index in [0.717, 1.165) is 50.3 Å². The van der Waals surface area contributed by atoms with Crippen molar-refractivity contribution in [3.05, 3.63) is 65.5 Å². The second-order valence-corrected chi connectivity index (χ2v) is 6.89. The minimum Gasteiger partial charge on any atom is -0.411 e. The third kappa shape index (κ3) is 5.23. The number of rotatable bonds is 7. The Bertz CT molecular complexity index is 721. The number of oxime groups is 1. The second kappa shape index (κ2) is 9.25. The fourth-order valence-corrected chi connectivity index (χ4v) is 3.47. The summed E-state index contributed by atoms with van der Waals surface area (Å²) in [5, 5.41) is 11.2. The number of piperidine rings is 1. The topological polar surface area (TPSA) is 65.8 Å². The van der Waals surface area contributed by atoms with Crippen LogP contribution in [0.2, 0.25) is 0 Å². The molecule has 5 heteroatoms. The maximum absolute atomic E-state index is 11.6. The van der Waals surface area contributed by atoms with Gasteiger partial charge in [0.15, 0.2) is 0 Å². The number of Topliss-reactive ketones (excluding diaryl/α,β-unsaturated/α-hetero) is 1. The van der Waals surface area contributed by atoms with Gasteiger partial charge >= 0.3 is 0 Å². The van der Waals surface area contributed by atoms with E-state index < -0.39 is 0 Å². The van der Waals surface area contributed by atoms with Gasteiger partial charge in [-0.25, -0.2) is 0 Å². The first-order chi connectivity index (χ1) is 12.7. The van der Waals surface area contributed by atoms with E-state index in [9.17, 15) is 4.79 Å². The smallest absolute Gasteiger partial charge is 0.208 e. The van der Waals surface area contributed by atoms with Gasteiger partial charge < -0.3 is 5.21 Å². The van der Waals surface area contributed by atoms with Crippen LogP contribution >= 0.6 is 0 Å². The summed E-state index contributed by atoms with van der Waals surface area (Å²) >= 11 is 0. The number of nitrogens with zero attached hydrogens (tertiary/aromatic N) is 3. The van der Waals surface area contributed by atoms with Gasteiger partial charge in [-0.3, -0.25) is 14.7 Å². The number of hydrogen-bond acceptors (Lipinski definition) is 5. The summed E-state index contributed by atoms with van der Waals surface area (Å²) in [5.41, 5.74) is 2.84. The Morgan fingerprint density at radius 2 is 1.96 bits per heavy atom. The van der Waals surface area contributed by atoms with Gasteiger partial charge in [0.05, 0.1) is 0 Å². The highest BCUT2D eigenvalue weighted by molar-refractivity contribution is 6.35. The molecule has 136 valence electrons. The first kappa shape index (κ1) is 18.3. The lowest BCUT2D eigenvalue weighted by Gasteiger charge is -2.32. The number of carbonyl (C=O) groups excluding carboxylic acids is 1. The molecule has 1 fully saturated rings. The zero-order valence-electron chi connectivity index (χ0n) is 14.9. The summed E-state index contributed by atoms with van der Waals surface area (Å²) < 4.78 is 0. The van der Waals surface area contributed by atoms with E-state index in [1.807, 2.05) is 6.07 Å². The van der Waals surface area contributed by atoms with E-state index in [2.05, 4.69) is 45.4 Å². The zero-order valence-corrected chi connectivity index (χ0v) is 14.9. The number of hydrogen-bond donors (Lipinski definition) is 1. The molecule has 1 aromatic heterocycles. The van der Waals surface area contributed by atoms with E-state index in [-0.39, 0.29) is 5.78 Å². The van der Waals surface area contributed by atoms with Crippen LogP contribution in [0.15, 0.2) is 53.8 Å². The number of ketones is 1. The van der Waals surface area contributed by atoms with Gasteiger partial charge in [-0.1, -0.05) is 35.5 Å². The largest absolute Gasteiger partial charge is 0.411 e. The quantitative estimate of drug-likeness (QED) is 0.358. The van der Waals surface area contributed by atoms with E-state index in [4.69, 9.17) is 5.21 Å². The number of aryl methyl sites for hydroxylation is 1. The maximum atomic E-state index is 11.6. The van der Waals surface area contributed by atoms with Gasteiger partial charge in [-0.15, -0.1) is 0 Å². The highest BCUT2D eigenvalue weighted by Gasteiger charge is 2.19. The maximum Gasteiger partial charge on any atom is 0.208 e. The third-order valence-electron chi connectivity index (χ3n) is 5.05. The summed E-state index contributed by atoms with van der Waals surface area (Å²) in [6, 6.07) is 14.3. The molecule has 0 bridgehead atoms. The fraction of sp³-hybridized carbons (Fsp3) is 0.381. The van der Waals surface area contributed by atoms with Crippen LogP contribution in [-0.4, -0.2) is 40.2 Å². The summed E-state index contributed by atoms with van der Waals surface area (Å²) in [4.78, 5) is 18.5. The van der Waals surface area contributed by atoms with Crippen LogP contribution in [0.1, 0.15) is 40.9 Å². The molecule has 3 rings (SSSR count). The van der Waals surface area contributed by atoms with Crippen molar-refractivity contribution < 1.29 is 10.0 Å². The Kier molecular flexibility index (Phi) is 6.50. The van der Waals surface area contributed by atoms with Crippen molar-refractivity contribution >= 4 is 12.0 Å². The Balaban J connectivity index is 1.41. The van der Waals surface area contributed by atoms with Gasteiger partial charge in [-0.05, 0) is 62.4 Å². The van der Waals surface area contributed by atoms with Crippen LogP contribution in [-0.2, 0) is 13.0 Å². The Morgan fingerprint density at radius 1 is 1.19 bits per heavy atom. The number of likely N-dealkylation sites (tertiary alicyclic amines) is 1. The van der Waals surface area contributed by atoms with Crippen LogP contribution in [0.25, 0.3) is 0 Å². The summed E-state index contributed by atoms with van der Waals surface area (Å²) in [6.07, 6.45) is 6.98. The minimum atomic E-state index is -0.336. The molecule has 2 heterocycles. The predicted octanol–water partition coefficient (Wildman–Crippen LogP) is 3.57. The van der Waals surface area contributed by atoms with E-state index in [1.165, 1.54) is 18.4 Å². The van der Waals surface area contributed by atoms with Gasteiger partial charge in [0.1, 0.15) is 6.21 Å². The molecule has 1 aliphatic rings. The van der Waals surface area contributed by atoms with Crippen molar-refractivity contribution in [1.29, 1.82) is 0 Å². The highest BCUT2D eigenvalue weighted by Crippen LogP contribution is 2.23. The SMILES string of the molecule is O=C(/C=N/O)c1ccc(CCC2CCN(Cc3ccccc3)CC2)nc1. The molecule has 2 aromatic rings. The molecule has 0 radical (unpaired) electrons. The lowest BCUT2D eigenvalue weighted by atomic mass is 9.91. The molecule has 0 spiro atoms. The first-order valence-corrected chi connectivity index (χ1v) is 9.17. The molecule has 5 nitrogen and oxygen atoms in total. The van der Waals surface area contributed by atoms with Crippen molar-refractivity contribution in [1.82, 2.24) is 9.88 Å². The average molecular weight is 351 g/mol. The molecular weight excluding hydrogens is 326 g/mol. The highest BCUT2D eigenvalue weighted by atomic mass is 16.4. The zero-order chi connectivity index (χ0) is 18.2. The molecule has 0 atom stereocenters. The minimum absolute atomic E-state index is 0.336. The van der Waals surface area contributed by atoms with Crippen LogP contribution in [0.5, 0.6) is 0 Å². The van der Waals surface area contributed by atoms with Gasteiger partial charge in [0.2, 0.25) is 5.78 Å². The first-order valence-electron chi connectivity index (χ1n) is 9.17. The van der Waals surface area contributed by atoms with Crippen molar-refractivity contribution in [2.24, 2.45) is 11.1 Å². The van der Waals surface area contributed by atoms with Gasteiger partial charge in [-0.2, -0.15) is 0 Å². The lowest BCUT2D eigenvalue weighted by Crippen LogP contribution is -2.33. The summed E-state index contributed by atoms with van der Waals surface area (Å²) in [5.74, 6) is 0.406. The molecule has 1 saturated heterocycles. The number of pyridine rings is 1. The van der Waals surface area contributed by atoms with Gasteiger partial charge in [0.25, 0.3) is 0 Å². The molecule has 0 saturated carbocycles. The molecule has 1 N–H and O–H groups in total. The Labute approximate surface area is 154 Å². The van der Waals surface area contributed by atoms with Crippen molar-refractivity contribution in [3.63, 3.8) is 0 Å². The molecule has 0 unspecified atom stereocenters. The van der Waals surface area contributed by atoms with Crippen LogP contribution < -0.4 is 0 Å². The Morgan fingerprint density at radius 3 is 2.62 bits per heavy atom. The average Bonchev–Trinajstić information content (AvgIpc) is 2.69. The summed E-state index contributed by atoms with van der Waals surface area (Å²) in [7, 11) is 0. The van der Waals surface area contributed by atoms with Crippen LogP contribution in [0.3, 0.4) is 0 Å². The fourth-order valence-electron chi connectivity index (χ4n) is 3.47. The number of aromatic nitrogens is 1. The molecular formula is C21H25N3O2. The van der Waals surface area contributed by atoms with Crippen molar-refractivity contribution in [2.45, 2.75) is 32.2 Å². The standard InChI is InChI=1S/C21H25N3O2/c25-21(15-23-26)19-7-9-20(22-14-19)8-6-17-10-12-24(13-11-17)16-18-4-2-1-3-5-18/h1-5,7,9,14-15,17,26H,6,8,10-13,16H2/b23-15+. The summed E-state index contributed by atoms with van der Waals surface area (Å²) in [6.45, 7) is 3.35. The second-order valence-electron chi connectivity index (χ2n) is 6.89. The van der Waals surface area contributed by atoms with Crippen molar-refractivity contribution in [3.8, 4) is 0 Å². The predicted molar refractivity (Wildman–Crippen MR) is 102 cm³/mol. The number of benzene rings is 1. The Hall–Kier alpha value is -2.53. The number of carbonyl (C=O) groups is 1. The van der Waals surface area contributed by atoms with Gasteiger partial charge in [0, 0.05) is 24.0 Å². The van der Waals surface area contributed by atoms with Crippen LogP contribution in [0.4, 0.5) is 0 Å². The molecule has 0 aliphatic carbocycles. The van der Waals surface area contributed by atoms with Crippen LogP contribution in [0, 0.1) is 5.92 Å². The van der Waals surface area contributed by atoms with E-state index >= 15 is 0 Å². The molecule has 0 amide bonds. The molecule has 1 aliphatic heterocycles. The molecule has 26 heavy (non-hydrogen) atoms. The van der Waals surface area contributed by atoms with Crippen molar-refractivity contribution in [2.75, 3.05) is 13.1 Å². The normalized spacial score (nSPS) is 16.2. The monoisotopic (exact) mass is 351 g/mol. The molecule has 1 aromatic carbocycles.